The van der Waals surface area contributed by atoms with Crippen LogP contribution in [0.3, 0.4) is 0 Å². The van der Waals surface area contributed by atoms with Crippen LogP contribution in [0.15, 0.2) is 28.7 Å². The number of carboxylic acid groups (broad SMARTS) is 1. The highest BCUT2D eigenvalue weighted by Gasteiger charge is 2.49. The van der Waals surface area contributed by atoms with E-state index in [4.69, 9.17) is 5.11 Å². The van der Waals surface area contributed by atoms with E-state index in [2.05, 4.69) is 15.9 Å². The van der Waals surface area contributed by atoms with Gasteiger partial charge in [0.25, 0.3) is 0 Å². The Labute approximate surface area is 132 Å². The molecule has 0 radical (unpaired) electrons. The molecule has 1 amide bonds. The van der Waals surface area contributed by atoms with Crippen molar-refractivity contribution in [2.75, 3.05) is 13.1 Å². The summed E-state index contributed by atoms with van der Waals surface area (Å²) in [7, 11) is 0. The highest BCUT2D eigenvalue weighted by Crippen LogP contribution is 2.46. The lowest BCUT2D eigenvalue weighted by Gasteiger charge is -2.43. The molecule has 5 heteroatoms. The molecular formula is C16H18BrNO3. The van der Waals surface area contributed by atoms with Crippen LogP contribution in [0, 0.1) is 5.92 Å². The van der Waals surface area contributed by atoms with Crippen LogP contribution in [0.2, 0.25) is 0 Å². The number of hydrogen-bond donors (Lipinski definition) is 1. The van der Waals surface area contributed by atoms with Gasteiger partial charge in [-0.2, -0.15) is 0 Å². The van der Waals surface area contributed by atoms with Crippen molar-refractivity contribution in [3.05, 3.63) is 34.3 Å². The number of carbonyl (C=O) groups is 2. The molecule has 4 nitrogen and oxygen atoms in total. The zero-order valence-corrected chi connectivity index (χ0v) is 13.3. The van der Waals surface area contributed by atoms with Gasteiger partial charge in [-0.15, -0.1) is 0 Å². The van der Waals surface area contributed by atoms with Gasteiger partial charge in [0.2, 0.25) is 5.91 Å². The number of carbonyl (C=O) groups excluding carboxylic acids is 1. The number of hydrogen-bond acceptors (Lipinski definition) is 2. The first kappa shape index (κ1) is 14.6. The monoisotopic (exact) mass is 351 g/mol. The molecule has 0 bridgehead atoms. The number of benzene rings is 1. The zero-order chi connectivity index (χ0) is 15.0. The van der Waals surface area contributed by atoms with Crippen LogP contribution in [0.25, 0.3) is 0 Å². The van der Waals surface area contributed by atoms with Crippen LogP contribution >= 0.6 is 15.9 Å². The molecule has 21 heavy (non-hydrogen) atoms. The summed E-state index contributed by atoms with van der Waals surface area (Å²) in [6.45, 7) is 0.917. The maximum atomic E-state index is 12.9. The Bertz CT molecular complexity index is 565. The fourth-order valence-corrected chi connectivity index (χ4v) is 3.64. The predicted molar refractivity (Wildman–Crippen MR) is 82.0 cm³/mol. The van der Waals surface area contributed by atoms with Crippen molar-refractivity contribution in [2.24, 2.45) is 5.92 Å². The fraction of sp³-hybridized carbons (Fsp3) is 0.500. The Morgan fingerprint density at radius 3 is 2.38 bits per heavy atom. The van der Waals surface area contributed by atoms with Gasteiger partial charge in [-0.25, -0.2) is 0 Å². The van der Waals surface area contributed by atoms with Crippen LogP contribution in [-0.2, 0) is 15.0 Å². The minimum Gasteiger partial charge on any atom is -0.481 e. The number of aliphatic carboxylic acids is 1. The fourth-order valence-electron chi connectivity index (χ4n) is 3.37. The number of rotatable bonds is 3. The lowest BCUT2D eigenvalue weighted by molar-refractivity contribution is -0.142. The molecule has 2 aliphatic rings. The first-order valence-electron chi connectivity index (χ1n) is 7.31. The number of halogens is 1. The number of amides is 1. The van der Waals surface area contributed by atoms with E-state index in [9.17, 15) is 9.59 Å². The van der Waals surface area contributed by atoms with E-state index in [1.54, 1.807) is 4.90 Å². The van der Waals surface area contributed by atoms with E-state index in [0.717, 1.165) is 29.3 Å². The van der Waals surface area contributed by atoms with Gasteiger partial charge in [-0.05, 0) is 37.0 Å². The van der Waals surface area contributed by atoms with Crippen LogP contribution in [0.1, 0.15) is 31.2 Å². The van der Waals surface area contributed by atoms with Gasteiger partial charge in [0, 0.05) is 17.6 Å². The standard InChI is InChI=1S/C16H18BrNO3/c17-13-4-2-12(3-5-13)16(7-1-8-16)15(21)18-9-6-11(10-18)14(19)20/h2-5,11H,1,6-10H2,(H,19,20). The summed E-state index contributed by atoms with van der Waals surface area (Å²) < 4.78 is 1.00. The quantitative estimate of drug-likeness (QED) is 0.910. The molecule has 112 valence electrons. The number of likely N-dealkylation sites (tertiary alicyclic amines) is 1. The molecule has 0 aromatic heterocycles. The van der Waals surface area contributed by atoms with Crippen molar-refractivity contribution in [3.63, 3.8) is 0 Å². The van der Waals surface area contributed by atoms with Gasteiger partial charge in [0.15, 0.2) is 0 Å². The normalized spacial score (nSPS) is 23.7. The van der Waals surface area contributed by atoms with Gasteiger partial charge in [-0.1, -0.05) is 34.5 Å². The molecule has 1 aromatic rings. The molecule has 1 aliphatic carbocycles. The van der Waals surface area contributed by atoms with Gasteiger partial charge in [-0.3, -0.25) is 9.59 Å². The molecule has 1 N–H and O–H groups in total. The summed E-state index contributed by atoms with van der Waals surface area (Å²) in [5, 5.41) is 9.09. The topological polar surface area (TPSA) is 57.6 Å². The Morgan fingerprint density at radius 1 is 1.24 bits per heavy atom. The van der Waals surface area contributed by atoms with Crippen molar-refractivity contribution in [1.82, 2.24) is 4.90 Å². The lowest BCUT2D eigenvalue weighted by atomic mass is 9.63. The molecule has 1 saturated heterocycles. The van der Waals surface area contributed by atoms with E-state index in [-0.39, 0.29) is 5.91 Å². The van der Waals surface area contributed by atoms with E-state index in [1.165, 1.54) is 0 Å². The maximum absolute atomic E-state index is 12.9. The molecule has 1 saturated carbocycles. The summed E-state index contributed by atoms with van der Waals surface area (Å²) >= 11 is 3.42. The Hall–Kier alpha value is -1.36. The molecule has 2 fully saturated rings. The van der Waals surface area contributed by atoms with Gasteiger partial charge in [0.05, 0.1) is 11.3 Å². The minimum absolute atomic E-state index is 0.111. The van der Waals surface area contributed by atoms with Crippen molar-refractivity contribution in [2.45, 2.75) is 31.1 Å². The summed E-state index contributed by atoms with van der Waals surface area (Å²) in [6, 6.07) is 7.94. The summed E-state index contributed by atoms with van der Waals surface area (Å²) in [4.78, 5) is 25.7. The third-order valence-electron chi connectivity index (χ3n) is 4.84. The maximum Gasteiger partial charge on any atom is 0.308 e. The van der Waals surface area contributed by atoms with Crippen LogP contribution in [-0.4, -0.2) is 35.0 Å². The van der Waals surface area contributed by atoms with Crippen molar-refractivity contribution in [3.8, 4) is 0 Å². The zero-order valence-electron chi connectivity index (χ0n) is 11.7. The molecule has 1 aliphatic heterocycles. The number of nitrogens with zero attached hydrogens (tertiary/aromatic N) is 1. The third kappa shape index (κ3) is 2.48. The number of carboxylic acids is 1. The van der Waals surface area contributed by atoms with E-state index in [1.807, 2.05) is 24.3 Å². The van der Waals surface area contributed by atoms with E-state index < -0.39 is 17.3 Å². The van der Waals surface area contributed by atoms with Crippen molar-refractivity contribution in [1.29, 1.82) is 0 Å². The third-order valence-corrected chi connectivity index (χ3v) is 5.37. The second-order valence-electron chi connectivity index (χ2n) is 6.02. The second-order valence-corrected chi connectivity index (χ2v) is 6.93. The molecule has 0 spiro atoms. The molecule has 1 aromatic carbocycles. The SMILES string of the molecule is O=C(O)C1CCN(C(=O)C2(c3ccc(Br)cc3)CCC2)C1. The Morgan fingerprint density at radius 2 is 1.90 bits per heavy atom. The van der Waals surface area contributed by atoms with Crippen LogP contribution < -0.4 is 0 Å². The predicted octanol–water partition coefficient (Wildman–Crippen LogP) is 2.80. The summed E-state index contributed by atoms with van der Waals surface area (Å²) in [5.74, 6) is -1.09. The molecule has 3 rings (SSSR count). The smallest absolute Gasteiger partial charge is 0.308 e. The average molecular weight is 352 g/mol. The Balaban J connectivity index is 1.81. The molecule has 1 unspecified atom stereocenters. The molecule has 1 heterocycles. The summed E-state index contributed by atoms with van der Waals surface area (Å²) in [5.41, 5.74) is 0.634. The molecular weight excluding hydrogens is 334 g/mol. The van der Waals surface area contributed by atoms with E-state index >= 15 is 0 Å². The van der Waals surface area contributed by atoms with E-state index in [0.29, 0.717) is 19.5 Å². The largest absolute Gasteiger partial charge is 0.481 e. The van der Waals surface area contributed by atoms with Crippen LogP contribution in [0.5, 0.6) is 0 Å². The first-order valence-corrected chi connectivity index (χ1v) is 8.10. The van der Waals surface area contributed by atoms with Gasteiger partial charge < -0.3 is 10.0 Å². The van der Waals surface area contributed by atoms with Crippen molar-refractivity contribution >= 4 is 27.8 Å². The highest BCUT2D eigenvalue weighted by molar-refractivity contribution is 9.10. The van der Waals surface area contributed by atoms with Gasteiger partial charge in [0.1, 0.15) is 0 Å². The first-order chi connectivity index (χ1) is 10.0. The van der Waals surface area contributed by atoms with Crippen LogP contribution in [0.4, 0.5) is 0 Å². The minimum atomic E-state index is -0.795. The van der Waals surface area contributed by atoms with Gasteiger partial charge >= 0.3 is 5.97 Å². The summed E-state index contributed by atoms with van der Waals surface area (Å²) in [6.07, 6.45) is 3.35. The van der Waals surface area contributed by atoms with Crippen molar-refractivity contribution < 1.29 is 14.7 Å². The Kier molecular flexibility index (Phi) is 3.78. The lowest BCUT2D eigenvalue weighted by Crippen LogP contribution is -2.50. The highest BCUT2D eigenvalue weighted by atomic mass is 79.9. The average Bonchev–Trinajstić information content (AvgIpc) is 2.89. The second kappa shape index (κ2) is 5.44. The molecule has 1 atom stereocenters.